The molecule has 0 radical (unpaired) electrons. The van der Waals surface area contributed by atoms with E-state index >= 15 is 0 Å². The summed E-state index contributed by atoms with van der Waals surface area (Å²) >= 11 is 0. The van der Waals surface area contributed by atoms with E-state index in [9.17, 15) is 0 Å². The highest BCUT2D eigenvalue weighted by Gasteiger charge is 2.28. The molecule has 2 aliphatic carbocycles. The maximum Gasteiger partial charge on any atom is 0.0600 e. The molecule has 2 rings (SSSR count). The van der Waals surface area contributed by atoms with Crippen LogP contribution in [0.1, 0.15) is 44.9 Å². The minimum Gasteiger partial charge on any atom is -0.381 e. The van der Waals surface area contributed by atoms with Crippen molar-refractivity contribution in [2.75, 3.05) is 20.3 Å². The van der Waals surface area contributed by atoms with Gasteiger partial charge in [-0.05, 0) is 56.9 Å². The van der Waals surface area contributed by atoms with E-state index in [0.29, 0.717) is 24.0 Å². The van der Waals surface area contributed by atoms with Crippen molar-refractivity contribution in [2.24, 2.45) is 17.6 Å². The Bertz CT molecular complexity index is 222. The maximum absolute atomic E-state index is 6.10. The number of methoxy groups -OCH3 is 1. The lowest BCUT2D eigenvalue weighted by molar-refractivity contribution is -0.0431. The molecular weight excluding hydrogens is 214 g/mol. The van der Waals surface area contributed by atoms with Crippen LogP contribution in [-0.4, -0.2) is 32.5 Å². The molecule has 0 aromatic heterocycles. The highest BCUT2D eigenvalue weighted by atomic mass is 16.5. The van der Waals surface area contributed by atoms with Gasteiger partial charge >= 0.3 is 0 Å². The molecule has 0 saturated heterocycles. The lowest BCUT2D eigenvalue weighted by atomic mass is 9.94. The van der Waals surface area contributed by atoms with Gasteiger partial charge in [0.15, 0.2) is 0 Å². The van der Waals surface area contributed by atoms with Crippen molar-refractivity contribution in [3.8, 4) is 0 Å². The molecule has 0 aliphatic heterocycles. The van der Waals surface area contributed by atoms with Crippen LogP contribution < -0.4 is 5.73 Å². The van der Waals surface area contributed by atoms with Gasteiger partial charge in [-0.1, -0.05) is 6.42 Å². The van der Waals surface area contributed by atoms with Crippen molar-refractivity contribution in [2.45, 2.75) is 57.2 Å². The Morgan fingerprint density at radius 2 is 1.71 bits per heavy atom. The Balaban J connectivity index is 1.70. The number of rotatable bonds is 5. The summed E-state index contributed by atoms with van der Waals surface area (Å²) < 4.78 is 11.5. The van der Waals surface area contributed by atoms with E-state index in [1.165, 1.54) is 38.5 Å². The first-order chi connectivity index (χ1) is 8.33. The van der Waals surface area contributed by atoms with E-state index < -0.39 is 0 Å². The average molecular weight is 241 g/mol. The van der Waals surface area contributed by atoms with Crippen molar-refractivity contribution in [1.82, 2.24) is 0 Å². The molecule has 17 heavy (non-hydrogen) atoms. The van der Waals surface area contributed by atoms with E-state index in [1.54, 1.807) is 0 Å². The number of hydrogen-bond donors (Lipinski definition) is 1. The third kappa shape index (κ3) is 3.67. The first kappa shape index (κ1) is 13.3. The summed E-state index contributed by atoms with van der Waals surface area (Å²) in [4.78, 5) is 0. The number of nitrogens with two attached hydrogens (primary N) is 1. The molecule has 0 amide bonds. The summed E-state index contributed by atoms with van der Waals surface area (Å²) in [6.07, 6.45) is 9.52. The minimum absolute atomic E-state index is 0.419. The fourth-order valence-corrected chi connectivity index (χ4v) is 3.37. The maximum atomic E-state index is 6.10. The van der Waals surface area contributed by atoms with Crippen LogP contribution in [0.3, 0.4) is 0 Å². The molecule has 0 aromatic carbocycles. The predicted octanol–water partition coefficient (Wildman–Crippen LogP) is 2.34. The lowest BCUT2D eigenvalue weighted by Gasteiger charge is -2.29. The third-order valence-electron chi connectivity index (χ3n) is 4.58. The Morgan fingerprint density at radius 3 is 2.47 bits per heavy atom. The van der Waals surface area contributed by atoms with Gasteiger partial charge in [-0.3, -0.25) is 0 Å². The molecule has 0 spiro atoms. The monoisotopic (exact) mass is 241 g/mol. The van der Waals surface area contributed by atoms with Crippen LogP contribution in [0.5, 0.6) is 0 Å². The van der Waals surface area contributed by atoms with Gasteiger partial charge < -0.3 is 15.2 Å². The van der Waals surface area contributed by atoms with Crippen molar-refractivity contribution in [1.29, 1.82) is 0 Å². The number of ether oxygens (including phenoxy) is 2. The molecule has 4 unspecified atom stereocenters. The van der Waals surface area contributed by atoms with E-state index in [2.05, 4.69) is 0 Å². The Morgan fingerprint density at radius 1 is 1.00 bits per heavy atom. The fourth-order valence-electron chi connectivity index (χ4n) is 3.37. The second-order valence-corrected chi connectivity index (χ2v) is 5.67. The second kappa shape index (κ2) is 6.72. The fraction of sp³-hybridized carbons (Fsp3) is 1.00. The van der Waals surface area contributed by atoms with Gasteiger partial charge in [-0.15, -0.1) is 0 Å². The molecule has 0 bridgehead atoms. The molecule has 3 heteroatoms. The molecular formula is C14H27NO2. The van der Waals surface area contributed by atoms with Crippen LogP contribution in [0.2, 0.25) is 0 Å². The molecule has 0 heterocycles. The van der Waals surface area contributed by atoms with Crippen LogP contribution >= 0.6 is 0 Å². The molecule has 0 aromatic rings. The zero-order valence-electron chi connectivity index (χ0n) is 11.1. The van der Waals surface area contributed by atoms with Gasteiger partial charge in [0, 0.05) is 7.11 Å². The Hall–Kier alpha value is -0.120. The van der Waals surface area contributed by atoms with E-state index in [-0.39, 0.29) is 0 Å². The van der Waals surface area contributed by atoms with Crippen molar-refractivity contribution < 1.29 is 9.47 Å². The summed E-state index contributed by atoms with van der Waals surface area (Å²) in [6.45, 7) is 1.75. The molecule has 4 atom stereocenters. The summed E-state index contributed by atoms with van der Waals surface area (Å²) in [7, 11) is 1.81. The Kier molecular flexibility index (Phi) is 5.26. The smallest absolute Gasteiger partial charge is 0.0600 e. The first-order valence-electron chi connectivity index (χ1n) is 7.18. The SMILES string of the molecule is COC1CCCC(OCC2CCCC2CN)C1. The van der Waals surface area contributed by atoms with Gasteiger partial charge in [0.25, 0.3) is 0 Å². The largest absolute Gasteiger partial charge is 0.381 e. The first-order valence-corrected chi connectivity index (χ1v) is 7.18. The molecule has 2 N–H and O–H groups in total. The van der Waals surface area contributed by atoms with Crippen LogP contribution in [-0.2, 0) is 9.47 Å². The molecule has 100 valence electrons. The van der Waals surface area contributed by atoms with Crippen molar-refractivity contribution >= 4 is 0 Å². The quantitative estimate of drug-likeness (QED) is 0.803. The minimum atomic E-state index is 0.419. The molecule has 2 fully saturated rings. The van der Waals surface area contributed by atoms with Gasteiger partial charge in [0.1, 0.15) is 0 Å². The Labute approximate surface area is 105 Å². The molecule has 2 saturated carbocycles. The zero-order valence-corrected chi connectivity index (χ0v) is 11.1. The molecule has 3 nitrogen and oxygen atoms in total. The molecule has 2 aliphatic rings. The summed E-state index contributed by atoms with van der Waals surface area (Å²) in [6, 6.07) is 0. The summed E-state index contributed by atoms with van der Waals surface area (Å²) in [5.41, 5.74) is 5.80. The van der Waals surface area contributed by atoms with Crippen molar-refractivity contribution in [3.63, 3.8) is 0 Å². The predicted molar refractivity (Wildman–Crippen MR) is 68.9 cm³/mol. The van der Waals surface area contributed by atoms with Crippen LogP contribution in [0.4, 0.5) is 0 Å². The van der Waals surface area contributed by atoms with Gasteiger partial charge in [0.2, 0.25) is 0 Å². The topological polar surface area (TPSA) is 44.5 Å². The standard InChI is InChI=1S/C14H27NO2/c1-16-13-6-3-7-14(8-13)17-10-12-5-2-4-11(12)9-15/h11-14H,2-10,15H2,1H3. The van der Waals surface area contributed by atoms with Crippen LogP contribution in [0, 0.1) is 11.8 Å². The van der Waals surface area contributed by atoms with E-state index in [1.807, 2.05) is 7.11 Å². The van der Waals surface area contributed by atoms with Crippen LogP contribution in [0.15, 0.2) is 0 Å². The van der Waals surface area contributed by atoms with E-state index in [4.69, 9.17) is 15.2 Å². The van der Waals surface area contributed by atoms with Gasteiger partial charge in [0.05, 0.1) is 18.8 Å². The van der Waals surface area contributed by atoms with Gasteiger partial charge in [-0.2, -0.15) is 0 Å². The summed E-state index contributed by atoms with van der Waals surface area (Å²) in [5.74, 6) is 1.42. The van der Waals surface area contributed by atoms with Crippen molar-refractivity contribution in [3.05, 3.63) is 0 Å². The third-order valence-corrected chi connectivity index (χ3v) is 4.58. The zero-order chi connectivity index (χ0) is 12.1. The van der Waals surface area contributed by atoms with Gasteiger partial charge in [-0.25, -0.2) is 0 Å². The normalized spacial score (nSPS) is 38.5. The second-order valence-electron chi connectivity index (χ2n) is 5.67. The highest BCUT2D eigenvalue weighted by Crippen LogP contribution is 2.32. The highest BCUT2D eigenvalue weighted by molar-refractivity contribution is 4.79. The number of hydrogen-bond acceptors (Lipinski definition) is 3. The average Bonchev–Trinajstić information content (AvgIpc) is 2.84. The summed E-state index contributed by atoms with van der Waals surface area (Å²) in [5, 5.41) is 0. The lowest BCUT2D eigenvalue weighted by Crippen LogP contribution is -2.30. The van der Waals surface area contributed by atoms with Crippen LogP contribution in [0.25, 0.3) is 0 Å². The van der Waals surface area contributed by atoms with E-state index in [0.717, 1.165) is 19.6 Å².